The van der Waals surface area contributed by atoms with E-state index in [1.807, 2.05) is 0 Å². The van der Waals surface area contributed by atoms with Crippen molar-refractivity contribution in [2.24, 2.45) is 10.7 Å². The van der Waals surface area contributed by atoms with Crippen LogP contribution in [0.2, 0.25) is 0 Å². The molecule has 84 valence electrons. The summed E-state index contributed by atoms with van der Waals surface area (Å²) in [5, 5.41) is 2.51. The molecule has 3 heteroatoms. The van der Waals surface area contributed by atoms with Gasteiger partial charge in [0, 0.05) is 6.42 Å². The van der Waals surface area contributed by atoms with E-state index in [2.05, 4.69) is 70.1 Å². The largest absolute Gasteiger partial charge is 0.387 e. The molecule has 3 rings (SSSR count). The Morgan fingerprint density at radius 3 is 2.59 bits per heavy atom. The number of halogens is 1. The van der Waals surface area contributed by atoms with Gasteiger partial charge in [0.15, 0.2) is 0 Å². The lowest BCUT2D eigenvalue weighted by Gasteiger charge is -2.06. The molecule has 0 saturated carbocycles. The molecule has 0 spiro atoms. The second kappa shape index (κ2) is 4.14. The highest BCUT2D eigenvalue weighted by Crippen LogP contribution is 2.26. The van der Waals surface area contributed by atoms with Crippen molar-refractivity contribution in [1.82, 2.24) is 0 Å². The van der Waals surface area contributed by atoms with Crippen LogP contribution >= 0.6 is 22.6 Å². The molecule has 0 bridgehead atoms. The first-order chi connectivity index (χ1) is 8.22. The molecule has 0 unspecified atom stereocenters. The van der Waals surface area contributed by atoms with Gasteiger partial charge in [-0.3, -0.25) is 0 Å². The second-order valence-electron chi connectivity index (χ2n) is 4.15. The van der Waals surface area contributed by atoms with Gasteiger partial charge in [0.1, 0.15) is 9.54 Å². The number of aliphatic imine (C=N–C) groups is 1. The predicted molar refractivity (Wildman–Crippen MR) is 81.3 cm³/mol. The summed E-state index contributed by atoms with van der Waals surface area (Å²) in [6.07, 6.45) is 2.81. The summed E-state index contributed by atoms with van der Waals surface area (Å²) in [5.41, 5.74) is 8.36. The topological polar surface area (TPSA) is 38.4 Å². The Bertz CT molecular complexity index is 656. The fraction of sp³-hybridized carbons (Fsp3) is 0.0714. The van der Waals surface area contributed by atoms with E-state index in [9.17, 15) is 0 Å². The van der Waals surface area contributed by atoms with Crippen LogP contribution < -0.4 is 5.73 Å². The Hall–Kier alpha value is -1.36. The first-order valence-corrected chi connectivity index (χ1v) is 6.52. The summed E-state index contributed by atoms with van der Waals surface area (Å²) in [6, 6.07) is 12.8. The van der Waals surface area contributed by atoms with E-state index in [0.717, 1.165) is 10.1 Å². The zero-order valence-corrected chi connectivity index (χ0v) is 11.3. The quantitative estimate of drug-likeness (QED) is 0.581. The van der Waals surface area contributed by atoms with Crippen molar-refractivity contribution in [3.63, 3.8) is 0 Å². The molecule has 2 aromatic carbocycles. The Morgan fingerprint density at radius 2 is 1.82 bits per heavy atom. The van der Waals surface area contributed by atoms with Crippen molar-refractivity contribution < 1.29 is 0 Å². The Kier molecular flexibility index (Phi) is 2.63. The maximum absolute atomic E-state index is 5.89. The summed E-state index contributed by atoms with van der Waals surface area (Å²) in [6.45, 7) is 0. The summed E-state index contributed by atoms with van der Waals surface area (Å²) >= 11 is 2.21. The molecule has 0 aliphatic carbocycles. The molecule has 2 aromatic rings. The smallest absolute Gasteiger partial charge is 0.105 e. The molecule has 0 atom stereocenters. The van der Waals surface area contributed by atoms with Gasteiger partial charge in [-0.2, -0.15) is 0 Å². The lowest BCUT2D eigenvalue weighted by molar-refractivity contribution is 1.29. The number of hydrogen-bond acceptors (Lipinski definition) is 2. The minimum atomic E-state index is 0.680. The van der Waals surface area contributed by atoms with Crippen LogP contribution in [0.15, 0.2) is 45.1 Å². The van der Waals surface area contributed by atoms with Gasteiger partial charge in [0.2, 0.25) is 0 Å². The van der Waals surface area contributed by atoms with Gasteiger partial charge in [-0.05, 0) is 56.6 Å². The molecule has 0 aromatic heterocycles. The van der Waals surface area contributed by atoms with E-state index in [1.165, 1.54) is 21.9 Å². The van der Waals surface area contributed by atoms with E-state index in [1.54, 1.807) is 0 Å². The van der Waals surface area contributed by atoms with Crippen molar-refractivity contribution in [1.29, 1.82) is 0 Å². The third-order valence-electron chi connectivity index (χ3n) is 2.90. The van der Waals surface area contributed by atoms with Gasteiger partial charge in [0.25, 0.3) is 0 Å². The van der Waals surface area contributed by atoms with Crippen LogP contribution in [0, 0.1) is 0 Å². The Labute approximate surface area is 113 Å². The number of benzene rings is 2. The molecule has 2 nitrogen and oxygen atoms in total. The van der Waals surface area contributed by atoms with Crippen molar-refractivity contribution >= 4 is 45.3 Å². The molecule has 1 aliphatic heterocycles. The van der Waals surface area contributed by atoms with Crippen molar-refractivity contribution in [2.75, 3.05) is 0 Å². The molecule has 0 fully saturated rings. The summed E-state index contributed by atoms with van der Waals surface area (Å²) in [7, 11) is 0. The van der Waals surface area contributed by atoms with Crippen molar-refractivity contribution in [2.45, 2.75) is 6.42 Å². The molecular formula is C14H11IN2. The monoisotopic (exact) mass is 334 g/mol. The van der Waals surface area contributed by atoms with Gasteiger partial charge in [-0.1, -0.05) is 30.3 Å². The molecule has 1 aliphatic rings. The first kappa shape index (κ1) is 10.8. The Balaban J connectivity index is 2.28. The number of hydrogen-bond donors (Lipinski definition) is 1. The van der Waals surface area contributed by atoms with Gasteiger partial charge in [0.05, 0.1) is 0 Å². The number of rotatable bonds is 0. The molecule has 1 heterocycles. The molecule has 0 saturated heterocycles. The van der Waals surface area contributed by atoms with E-state index in [-0.39, 0.29) is 0 Å². The van der Waals surface area contributed by atoms with Crippen LogP contribution in [0.25, 0.3) is 16.8 Å². The summed E-state index contributed by atoms with van der Waals surface area (Å²) in [5.74, 6) is 0.680. The van der Waals surface area contributed by atoms with Crippen LogP contribution in [-0.4, -0.2) is 5.84 Å². The number of amidine groups is 1. The maximum Gasteiger partial charge on any atom is 0.105 e. The number of nitrogens with zero attached hydrogens (tertiary/aromatic N) is 1. The van der Waals surface area contributed by atoms with Gasteiger partial charge < -0.3 is 5.73 Å². The number of nitrogens with two attached hydrogens (primary N) is 1. The predicted octanol–water partition coefficient (Wildman–Crippen LogP) is 3.49. The highest BCUT2D eigenvalue weighted by Gasteiger charge is 2.09. The lowest BCUT2D eigenvalue weighted by atomic mass is 9.99. The first-order valence-electron chi connectivity index (χ1n) is 5.44. The van der Waals surface area contributed by atoms with Crippen LogP contribution in [0.5, 0.6) is 0 Å². The molecule has 17 heavy (non-hydrogen) atoms. The minimum Gasteiger partial charge on any atom is -0.387 e. The maximum atomic E-state index is 5.89. The number of fused-ring (bicyclic) bond motifs is 2. The van der Waals surface area contributed by atoms with Gasteiger partial charge in [-0.25, -0.2) is 4.99 Å². The van der Waals surface area contributed by atoms with E-state index < -0.39 is 0 Å². The molecular weight excluding hydrogens is 323 g/mol. The second-order valence-corrected chi connectivity index (χ2v) is 5.25. The lowest BCUT2D eigenvalue weighted by Crippen LogP contribution is -2.14. The zero-order chi connectivity index (χ0) is 11.8. The molecule has 2 N–H and O–H groups in total. The summed E-state index contributed by atoms with van der Waals surface area (Å²) in [4.78, 5) is 4.32. The fourth-order valence-electron chi connectivity index (χ4n) is 2.12. The normalized spacial score (nSPS) is 14.9. The zero-order valence-electron chi connectivity index (χ0n) is 9.15. The highest BCUT2D eigenvalue weighted by atomic mass is 127. The van der Waals surface area contributed by atoms with Gasteiger partial charge >= 0.3 is 0 Å². The summed E-state index contributed by atoms with van der Waals surface area (Å²) < 4.78 is 0.939. The average Bonchev–Trinajstić information content (AvgIpc) is 2.42. The van der Waals surface area contributed by atoms with E-state index in [4.69, 9.17) is 5.73 Å². The van der Waals surface area contributed by atoms with E-state index in [0.29, 0.717) is 5.84 Å². The van der Waals surface area contributed by atoms with Crippen molar-refractivity contribution in [3.8, 4) is 0 Å². The third kappa shape index (κ3) is 2.07. The molecule has 0 radical (unpaired) electrons. The fourth-order valence-corrected chi connectivity index (χ4v) is 2.77. The van der Waals surface area contributed by atoms with Crippen LogP contribution in [0.4, 0.5) is 0 Å². The van der Waals surface area contributed by atoms with Crippen LogP contribution in [0.1, 0.15) is 11.1 Å². The highest BCUT2D eigenvalue weighted by molar-refractivity contribution is 14.1. The van der Waals surface area contributed by atoms with Crippen molar-refractivity contribution in [3.05, 3.63) is 51.2 Å². The minimum absolute atomic E-state index is 0.680. The van der Waals surface area contributed by atoms with Gasteiger partial charge in [-0.15, -0.1) is 0 Å². The molecule has 0 amide bonds. The third-order valence-corrected chi connectivity index (χ3v) is 3.46. The van der Waals surface area contributed by atoms with E-state index >= 15 is 0 Å². The average molecular weight is 334 g/mol. The SMILES string of the molecule is NC1=NC(I)=Cc2cc3ccccc3cc2C1. The van der Waals surface area contributed by atoms with Crippen LogP contribution in [-0.2, 0) is 6.42 Å². The van der Waals surface area contributed by atoms with Crippen LogP contribution in [0.3, 0.4) is 0 Å². The standard InChI is InChI=1S/C14H11IN2/c15-13-7-11-5-9-3-1-2-4-10(9)6-12(11)8-14(16)17-13/h1-7H,8H2,(H2,16,17). The Morgan fingerprint density at radius 1 is 1.12 bits per heavy atom.